The van der Waals surface area contributed by atoms with Gasteiger partial charge in [0, 0.05) is 0 Å². The Hall–Kier alpha value is -0.440. The highest BCUT2D eigenvalue weighted by Crippen LogP contribution is 1.99. The fraction of sp³-hybridized carbons (Fsp3) is 1.00. The molecule has 1 unspecified atom stereocenters. The molecule has 0 aliphatic heterocycles. The van der Waals surface area contributed by atoms with E-state index in [2.05, 4.69) is 17.4 Å². The van der Waals surface area contributed by atoms with E-state index in [1.165, 1.54) is 19.3 Å². The van der Waals surface area contributed by atoms with Gasteiger partial charge >= 0.3 is 0 Å². The van der Waals surface area contributed by atoms with Gasteiger partial charge in [0.05, 0.1) is 6.04 Å². The van der Waals surface area contributed by atoms with Crippen molar-refractivity contribution in [1.29, 1.82) is 5.53 Å². The molecule has 0 saturated heterocycles. The molecule has 0 bridgehead atoms. The zero-order valence-electron chi connectivity index (χ0n) is 8.97. The van der Waals surface area contributed by atoms with Crippen molar-refractivity contribution in [2.75, 3.05) is 13.1 Å². The molecule has 0 aliphatic carbocycles. The van der Waals surface area contributed by atoms with Gasteiger partial charge in [-0.3, -0.25) is 0 Å². The first-order chi connectivity index (χ1) is 6.31. The minimum absolute atomic E-state index is 0.206. The molecule has 3 nitrogen and oxygen atoms in total. The molecule has 0 heterocycles. The van der Waals surface area contributed by atoms with Crippen molar-refractivity contribution in [3.8, 4) is 0 Å². The number of rotatable bonds is 9. The Bertz CT molecular complexity index is 115. The molecule has 0 radical (unpaired) electrons. The minimum atomic E-state index is 0.206. The van der Waals surface area contributed by atoms with Crippen LogP contribution in [-0.2, 0) is 0 Å². The fourth-order valence-electron chi connectivity index (χ4n) is 1.21. The molecule has 2 N–H and O–H groups in total. The molecule has 13 heavy (non-hydrogen) atoms. The first-order valence-corrected chi connectivity index (χ1v) is 5.38. The number of hydrogen-bond acceptors (Lipinski definition) is 3. The zero-order valence-corrected chi connectivity index (χ0v) is 8.97. The number of hydrogen-bond donors (Lipinski definition) is 2. The van der Waals surface area contributed by atoms with Crippen LogP contribution in [0.2, 0.25) is 0 Å². The monoisotopic (exact) mass is 185 g/mol. The van der Waals surface area contributed by atoms with E-state index in [-0.39, 0.29) is 6.04 Å². The number of nitrogens with one attached hydrogen (secondary N) is 2. The van der Waals surface area contributed by atoms with Crippen LogP contribution < -0.4 is 5.32 Å². The standard InChI is InChI=1S/C10H23N3/c1-3-4-5-8-12-9-6-7-10(2)13-11/h10-12H,3-9H2,1-2H3. The van der Waals surface area contributed by atoms with Gasteiger partial charge in [-0.1, -0.05) is 19.8 Å². The maximum Gasteiger partial charge on any atom is 0.0678 e. The first-order valence-electron chi connectivity index (χ1n) is 5.38. The van der Waals surface area contributed by atoms with E-state index in [1.54, 1.807) is 0 Å². The van der Waals surface area contributed by atoms with Crippen LogP contribution in [0.4, 0.5) is 0 Å². The summed E-state index contributed by atoms with van der Waals surface area (Å²) in [6.07, 6.45) is 6.07. The van der Waals surface area contributed by atoms with Crippen LogP contribution in [0.1, 0.15) is 46.0 Å². The topological polar surface area (TPSA) is 48.2 Å². The Morgan fingerprint density at radius 3 is 2.54 bits per heavy atom. The molecule has 0 aliphatic rings. The molecule has 0 amide bonds. The Morgan fingerprint density at radius 1 is 1.23 bits per heavy atom. The summed E-state index contributed by atoms with van der Waals surface area (Å²) in [7, 11) is 0. The average Bonchev–Trinajstić information content (AvgIpc) is 2.16. The van der Waals surface area contributed by atoms with Crippen molar-refractivity contribution in [2.24, 2.45) is 5.11 Å². The predicted molar refractivity (Wildman–Crippen MR) is 56.2 cm³/mol. The van der Waals surface area contributed by atoms with Crippen molar-refractivity contribution in [3.63, 3.8) is 0 Å². The minimum Gasteiger partial charge on any atom is -0.317 e. The summed E-state index contributed by atoms with van der Waals surface area (Å²) in [5.41, 5.74) is 6.78. The highest BCUT2D eigenvalue weighted by Gasteiger charge is 1.96. The second-order valence-corrected chi connectivity index (χ2v) is 3.58. The smallest absolute Gasteiger partial charge is 0.0678 e. The number of nitrogens with zero attached hydrogens (tertiary/aromatic N) is 1. The Morgan fingerprint density at radius 2 is 1.92 bits per heavy atom. The third-order valence-electron chi connectivity index (χ3n) is 2.15. The molecule has 0 rings (SSSR count). The van der Waals surface area contributed by atoms with Crippen molar-refractivity contribution >= 4 is 0 Å². The predicted octanol–water partition coefficient (Wildman–Crippen LogP) is 2.97. The second-order valence-electron chi connectivity index (χ2n) is 3.58. The summed E-state index contributed by atoms with van der Waals surface area (Å²) in [6, 6.07) is 0.206. The van der Waals surface area contributed by atoms with Crippen LogP contribution in [-0.4, -0.2) is 19.1 Å². The maximum atomic E-state index is 6.78. The summed E-state index contributed by atoms with van der Waals surface area (Å²) in [5.74, 6) is 0. The van der Waals surface area contributed by atoms with Crippen molar-refractivity contribution < 1.29 is 0 Å². The maximum absolute atomic E-state index is 6.78. The van der Waals surface area contributed by atoms with E-state index in [1.807, 2.05) is 6.92 Å². The van der Waals surface area contributed by atoms with Crippen LogP contribution in [0.15, 0.2) is 5.11 Å². The molecule has 0 fully saturated rings. The van der Waals surface area contributed by atoms with Crippen LogP contribution in [0.3, 0.4) is 0 Å². The van der Waals surface area contributed by atoms with Gasteiger partial charge in [-0.15, -0.1) is 0 Å². The molecule has 0 aromatic carbocycles. The third kappa shape index (κ3) is 9.47. The van der Waals surface area contributed by atoms with Gasteiger partial charge in [-0.25, -0.2) is 5.53 Å². The largest absolute Gasteiger partial charge is 0.317 e. The van der Waals surface area contributed by atoms with Crippen molar-refractivity contribution in [2.45, 2.75) is 52.0 Å². The second kappa shape index (κ2) is 9.65. The lowest BCUT2D eigenvalue weighted by Gasteiger charge is -2.05. The lowest BCUT2D eigenvalue weighted by Crippen LogP contribution is -2.17. The summed E-state index contributed by atoms with van der Waals surface area (Å²) in [5, 5.41) is 6.85. The molecule has 0 aromatic rings. The molecule has 3 heteroatoms. The molecular weight excluding hydrogens is 162 g/mol. The Balaban J connectivity index is 2.95. The molecule has 0 aromatic heterocycles. The molecule has 0 spiro atoms. The SMILES string of the molecule is CCCCCNCCCC(C)N=N. The average molecular weight is 185 g/mol. The van der Waals surface area contributed by atoms with E-state index in [4.69, 9.17) is 5.53 Å². The van der Waals surface area contributed by atoms with Gasteiger partial charge in [0.15, 0.2) is 0 Å². The summed E-state index contributed by atoms with van der Waals surface area (Å²) < 4.78 is 0. The van der Waals surface area contributed by atoms with E-state index < -0.39 is 0 Å². The highest BCUT2D eigenvalue weighted by molar-refractivity contribution is 4.57. The summed E-state index contributed by atoms with van der Waals surface area (Å²) in [6.45, 7) is 6.42. The van der Waals surface area contributed by atoms with E-state index in [9.17, 15) is 0 Å². The fourth-order valence-corrected chi connectivity index (χ4v) is 1.21. The Kier molecular flexibility index (Phi) is 9.32. The lowest BCUT2D eigenvalue weighted by molar-refractivity contribution is 0.544. The van der Waals surface area contributed by atoms with Gasteiger partial charge < -0.3 is 5.32 Å². The van der Waals surface area contributed by atoms with Crippen LogP contribution in [0.25, 0.3) is 0 Å². The quantitative estimate of drug-likeness (QED) is 0.421. The first kappa shape index (κ1) is 12.6. The summed E-state index contributed by atoms with van der Waals surface area (Å²) in [4.78, 5) is 0. The van der Waals surface area contributed by atoms with Gasteiger partial charge in [-0.2, -0.15) is 5.11 Å². The third-order valence-corrected chi connectivity index (χ3v) is 2.15. The van der Waals surface area contributed by atoms with Crippen molar-refractivity contribution in [1.82, 2.24) is 5.32 Å². The van der Waals surface area contributed by atoms with Crippen LogP contribution >= 0.6 is 0 Å². The van der Waals surface area contributed by atoms with Gasteiger partial charge in [0.2, 0.25) is 0 Å². The van der Waals surface area contributed by atoms with Gasteiger partial charge in [0.25, 0.3) is 0 Å². The number of unbranched alkanes of at least 4 members (excludes halogenated alkanes) is 2. The summed E-state index contributed by atoms with van der Waals surface area (Å²) >= 11 is 0. The lowest BCUT2D eigenvalue weighted by atomic mass is 10.2. The molecule has 78 valence electrons. The van der Waals surface area contributed by atoms with Crippen LogP contribution in [0, 0.1) is 5.53 Å². The Labute approximate surface area is 81.8 Å². The van der Waals surface area contributed by atoms with Gasteiger partial charge in [-0.05, 0) is 39.3 Å². The van der Waals surface area contributed by atoms with E-state index >= 15 is 0 Å². The van der Waals surface area contributed by atoms with Gasteiger partial charge in [0.1, 0.15) is 0 Å². The molecule has 1 atom stereocenters. The normalized spacial score (nSPS) is 12.8. The zero-order chi connectivity index (χ0) is 9.94. The van der Waals surface area contributed by atoms with E-state index in [0.717, 1.165) is 25.9 Å². The molecule has 0 saturated carbocycles. The molecular formula is C10H23N3. The highest BCUT2D eigenvalue weighted by atomic mass is 15.0. The van der Waals surface area contributed by atoms with Crippen LogP contribution in [0.5, 0.6) is 0 Å². The van der Waals surface area contributed by atoms with E-state index in [0.29, 0.717) is 0 Å². The van der Waals surface area contributed by atoms with Crippen molar-refractivity contribution in [3.05, 3.63) is 0 Å².